The van der Waals surface area contributed by atoms with E-state index >= 15 is 0 Å². The molecule has 0 saturated heterocycles. The van der Waals surface area contributed by atoms with E-state index in [-0.39, 0.29) is 44.5 Å². The molecule has 162 valence electrons. The van der Waals surface area contributed by atoms with Crippen LogP contribution in [0.1, 0.15) is 57.8 Å². The molecule has 0 fully saturated rings. The van der Waals surface area contributed by atoms with Gasteiger partial charge in [-0.25, -0.2) is 0 Å². The molecule has 0 aliphatic heterocycles. The summed E-state index contributed by atoms with van der Waals surface area (Å²) in [6, 6.07) is 0. The fourth-order valence-corrected chi connectivity index (χ4v) is 1.25. The summed E-state index contributed by atoms with van der Waals surface area (Å²) in [4.78, 5) is 59.4. The summed E-state index contributed by atoms with van der Waals surface area (Å²) in [6.45, 7) is 0. The van der Waals surface area contributed by atoms with Crippen LogP contribution in [0.5, 0.6) is 0 Å². The van der Waals surface area contributed by atoms with Crippen molar-refractivity contribution in [3.8, 4) is 0 Å². The maximum atomic E-state index is 10.4. The molecule has 0 amide bonds. The first-order valence-corrected chi connectivity index (χ1v) is 8.08. The molecule has 0 aliphatic carbocycles. The number of hydrogen-bond donors (Lipinski definition) is 5. The smallest absolute Gasteiger partial charge is 0.305 e. The zero-order chi connectivity index (χ0) is 22.5. The first kappa shape index (κ1) is 29.6. The van der Waals surface area contributed by atoms with E-state index in [4.69, 9.17) is 25.5 Å². The van der Waals surface area contributed by atoms with Gasteiger partial charge in [-0.05, 0) is 19.3 Å². The van der Waals surface area contributed by atoms with Crippen molar-refractivity contribution < 1.29 is 59.0 Å². The van der Waals surface area contributed by atoms with E-state index in [2.05, 4.69) is 4.74 Å². The fourth-order valence-electron chi connectivity index (χ4n) is 1.25. The average molecular weight is 410 g/mol. The Balaban J connectivity index is -0.000000337. The molecule has 0 aromatic rings. The Morgan fingerprint density at radius 1 is 0.500 bits per heavy atom. The zero-order valence-corrected chi connectivity index (χ0v) is 15.5. The van der Waals surface area contributed by atoms with Crippen molar-refractivity contribution in [3.63, 3.8) is 0 Å². The standard InChI is InChI=1S/2C6H10O4.C4H6O4/c1-10-6(9)4-2-3-5(7)8;7-5(8)3-1-2-4-6(9)10;5-3(6)1-2-4(7)8/h2-4H2,1H3,(H,7,8);1-4H2,(H,7,8)(H,9,10);1-2H2,(H,5,6)(H,7,8). The second-order valence-corrected chi connectivity index (χ2v) is 5.11. The molecule has 0 radical (unpaired) electrons. The monoisotopic (exact) mass is 410 g/mol. The van der Waals surface area contributed by atoms with Crippen molar-refractivity contribution in [2.24, 2.45) is 0 Å². The Morgan fingerprint density at radius 3 is 1.04 bits per heavy atom. The molecule has 0 saturated carbocycles. The third-order valence-electron chi connectivity index (χ3n) is 2.58. The first-order valence-electron chi connectivity index (χ1n) is 8.08. The van der Waals surface area contributed by atoms with Crippen molar-refractivity contribution in [2.45, 2.75) is 57.8 Å². The van der Waals surface area contributed by atoms with Gasteiger partial charge < -0.3 is 30.3 Å². The predicted molar refractivity (Wildman–Crippen MR) is 91.7 cm³/mol. The summed E-state index contributed by atoms with van der Waals surface area (Å²) < 4.78 is 4.30. The van der Waals surface area contributed by atoms with Gasteiger partial charge in [0.15, 0.2) is 0 Å². The van der Waals surface area contributed by atoms with Gasteiger partial charge in [0, 0.05) is 25.7 Å². The Hall–Kier alpha value is -3.18. The van der Waals surface area contributed by atoms with Gasteiger partial charge in [-0.2, -0.15) is 0 Å². The van der Waals surface area contributed by atoms with Crippen LogP contribution in [-0.4, -0.2) is 68.5 Å². The van der Waals surface area contributed by atoms with Crippen molar-refractivity contribution in [3.05, 3.63) is 0 Å². The Kier molecular flexibility index (Phi) is 21.3. The lowest BCUT2D eigenvalue weighted by Crippen LogP contribution is -2.02. The van der Waals surface area contributed by atoms with Crippen molar-refractivity contribution in [1.82, 2.24) is 0 Å². The predicted octanol–water partition coefficient (Wildman–Crippen LogP) is 1.07. The Labute approximate surface area is 160 Å². The Morgan fingerprint density at radius 2 is 0.786 bits per heavy atom. The maximum absolute atomic E-state index is 10.4. The van der Waals surface area contributed by atoms with Gasteiger partial charge in [-0.3, -0.25) is 28.8 Å². The normalized spacial score (nSPS) is 8.89. The summed E-state index contributed by atoms with van der Waals surface area (Å²) in [5.41, 5.74) is 0. The van der Waals surface area contributed by atoms with Crippen LogP contribution >= 0.6 is 0 Å². The van der Waals surface area contributed by atoms with Gasteiger partial charge in [0.1, 0.15) is 0 Å². The topological polar surface area (TPSA) is 213 Å². The zero-order valence-electron chi connectivity index (χ0n) is 15.5. The van der Waals surface area contributed by atoms with Crippen molar-refractivity contribution >= 4 is 35.8 Å². The van der Waals surface area contributed by atoms with Crippen LogP contribution in [0, 0.1) is 0 Å². The number of ether oxygens (including phenoxy) is 1. The van der Waals surface area contributed by atoms with Crippen LogP contribution in [0.3, 0.4) is 0 Å². The number of hydrogen-bond acceptors (Lipinski definition) is 7. The molecule has 0 heterocycles. The van der Waals surface area contributed by atoms with E-state index in [1.54, 1.807) is 0 Å². The number of methoxy groups -OCH3 is 1. The van der Waals surface area contributed by atoms with E-state index in [0.717, 1.165) is 0 Å². The molecule has 0 unspecified atom stereocenters. The number of carbonyl (C=O) groups is 6. The van der Waals surface area contributed by atoms with E-state index in [1.807, 2.05) is 0 Å². The van der Waals surface area contributed by atoms with Gasteiger partial charge in [-0.1, -0.05) is 0 Å². The van der Waals surface area contributed by atoms with Gasteiger partial charge in [0.2, 0.25) is 0 Å². The second-order valence-electron chi connectivity index (χ2n) is 5.11. The number of carboxylic acids is 5. The van der Waals surface area contributed by atoms with Gasteiger partial charge in [0.25, 0.3) is 0 Å². The summed E-state index contributed by atoms with van der Waals surface area (Å²) in [6.07, 6.45) is 0.981. The average Bonchev–Trinajstić information content (AvgIpc) is 2.57. The van der Waals surface area contributed by atoms with Gasteiger partial charge in [0.05, 0.1) is 20.0 Å². The van der Waals surface area contributed by atoms with E-state index < -0.39 is 29.8 Å². The van der Waals surface area contributed by atoms with E-state index in [9.17, 15) is 28.8 Å². The highest BCUT2D eigenvalue weighted by Crippen LogP contribution is 1.98. The third kappa shape index (κ3) is 38.4. The highest BCUT2D eigenvalue weighted by atomic mass is 16.5. The minimum atomic E-state index is -1.08. The number of esters is 1. The minimum Gasteiger partial charge on any atom is -0.481 e. The molecule has 12 heteroatoms. The molecule has 5 N–H and O–H groups in total. The number of carbonyl (C=O) groups excluding carboxylic acids is 1. The third-order valence-corrected chi connectivity index (χ3v) is 2.58. The summed E-state index contributed by atoms with van der Waals surface area (Å²) >= 11 is 0. The molecular formula is C16H26O12. The van der Waals surface area contributed by atoms with E-state index in [0.29, 0.717) is 19.3 Å². The SMILES string of the molecule is COC(=O)CCCC(=O)O.O=C(O)CCC(=O)O.O=C(O)CCCCC(=O)O. The maximum Gasteiger partial charge on any atom is 0.305 e. The molecule has 12 nitrogen and oxygen atoms in total. The summed E-state index contributed by atoms with van der Waals surface area (Å²) in [7, 11) is 1.28. The van der Waals surface area contributed by atoms with Crippen LogP contribution in [0.4, 0.5) is 0 Å². The molecule has 0 atom stereocenters. The van der Waals surface area contributed by atoms with Crippen LogP contribution in [-0.2, 0) is 33.5 Å². The largest absolute Gasteiger partial charge is 0.481 e. The van der Waals surface area contributed by atoms with E-state index in [1.165, 1.54) is 7.11 Å². The van der Waals surface area contributed by atoms with Gasteiger partial charge >= 0.3 is 35.8 Å². The first-order chi connectivity index (χ1) is 12.9. The molecule has 0 spiro atoms. The number of unbranched alkanes of at least 4 members (excludes halogenated alkanes) is 1. The highest BCUT2D eigenvalue weighted by Gasteiger charge is 2.02. The highest BCUT2D eigenvalue weighted by molar-refractivity contribution is 5.75. The van der Waals surface area contributed by atoms with Crippen LogP contribution in [0.2, 0.25) is 0 Å². The quantitative estimate of drug-likeness (QED) is 0.226. The minimum absolute atomic E-state index is 0.0229. The molecule has 0 bridgehead atoms. The Bertz CT molecular complexity index is 482. The van der Waals surface area contributed by atoms with Crippen LogP contribution < -0.4 is 0 Å². The summed E-state index contributed by atoms with van der Waals surface area (Å²) in [5.74, 6) is -5.14. The number of carboxylic acid groups (broad SMARTS) is 5. The lowest BCUT2D eigenvalue weighted by atomic mass is 10.2. The lowest BCUT2D eigenvalue weighted by molar-refractivity contribution is -0.143. The number of rotatable bonds is 12. The van der Waals surface area contributed by atoms with Gasteiger partial charge in [-0.15, -0.1) is 0 Å². The molecule has 0 aromatic carbocycles. The molecule has 0 aliphatic rings. The molecule has 0 aromatic heterocycles. The van der Waals surface area contributed by atoms with Crippen LogP contribution in [0.25, 0.3) is 0 Å². The van der Waals surface area contributed by atoms with Crippen molar-refractivity contribution in [1.29, 1.82) is 0 Å². The van der Waals surface area contributed by atoms with Crippen molar-refractivity contribution in [2.75, 3.05) is 7.11 Å². The lowest BCUT2D eigenvalue weighted by Gasteiger charge is -1.94. The van der Waals surface area contributed by atoms with Crippen LogP contribution in [0.15, 0.2) is 0 Å². The number of aliphatic carboxylic acids is 5. The molecule has 28 heavy (non-hydrogen) atoms. The second kappa shape index (κ2) is 20.1. The molecule has 0 rings (SSSR count). The fraction of sp³-hybridized carbons (Fsp3) is 0.625. The summed E-state index contributed by atoms with van der Waals surface area (Å²) in [5, 5.41) is 40.2. The molecular weight excluding hydrogens is 384 g/mol.